The zero-order valence-electron chi connectivity index (χ0n) is 13.8. The highest BCUT2D eigenvalue weighted by atomic mass is 35.5. The molecule has 2 N–H and O–H groups in total. The molecule has 0 fully saturated rings. The number of carbonyl (C=O) groups excluding carboxylic acids is 1. The molecule has 2 aromatic rings. The minimum absolute atomic E-state index is 0.105. The zero-order chi connectivity index (χ0) is 18.4. The first kappa shape index (κ1) is 19.5. The molecule has 2 rings (SSSR count). The summed E-state index contributed by atoms with van der Waals surface area (Å²) in [6.07, 6.45) is 0. The van der Waals surface area contributed by atoms with Gasteiger partial charge in [-0.25, -0.2) is 0 Å². The third-order valence-electron chi connectivity index (χ3n) is 3.11. The Labute approximate surface area is 162 Å². The second kappa shape index (κ2) is 9.04. The molecule has 7 heteroatoms. The lowest BCUT2D eigenvalue weighted by atomic mass is 10.2. The van der Waals surface area contributed by atoms with Crippen molar-refractivity contribution >= 4 is 52.1 Å². The first-order valence-corrected chi connectivity index (χ1v) is 8.82. The molecule has 0 saturated carbocycles. The molecule has 4 nitrogen and oxygen atoms in total. The molecule has 2 aromatic carbocycles. The van der Waals surface area contributed by atoms with Gasteiger partial charge in [0, 0.05) is 5.56 Å². The van der Waals surface area contributed by atoms with Crippen LogP contribution in [0.15, 0.2) is 42.5 Å². The van der Waals surface area contributed by atoms with Crippen molar-refractivity contribution in [3.63, 3.8) is 0 Å². The SMILES string of the molecule is CC(C)COc1cccc(C(=O)NC(=S)Nc2c(Cl)cccc2Cl)c1. The monoisotopic (exact) mass is 396 g/mol. The van der Waals surface area contributed by atoms with E-state index in [2.05, 4.69) is 24.5 Å². The van der Waals surface area contributed by atoms with Gasteiger partial charge in [0.1, 0.15) is 5.75 Å². The average molecular weight is 397 g/mol. The maximum Gasteiger partial charge on any atom is 0.257 e. The van der Waals surface area contributed by atoms with Crippen LogP contribution < -0.4 is 15.4 Å². The molecule has 0 radical (unpaired) electrons. The molecule has 0 aliphatic heterocycles. The van der Waals surface area contributed by atoms with Gasteiger partial charge in [-0.15, -0.1) is 0 Å². The van der Waals surface area contributed by atoms with E-state index < -0.39 is 0 Å². The Balaban J connectivity index is 2.01. The zero-order valence-corrected chi connectivity index (χ0v) is 16.1. The minimum Gasteiger partial charge on any atom is -0.493 e. The number of hydrogen-bond donors (Lipinski definition) is 2. The van der Waals surface area contributed by atoms with Crippen LogP contribution in [0.3, 0.4) is 0 Å². The number of amides is 1. The number of thiocarbonyl (C=S) groups is 1. The smallest absolute Gasteiger partial charge is 0.257 e. The van der Waals surface area contributed by atoms with Gasteiger partial charge in [-0.05, 0) is 48.5 Å². The Morgan fingerprint density at radius 3 is 2.44 bits per heavy atom. The van der Waals surface area contributed by atoms with Gasteiger partial charge in [-0.2, -0.15) is 0 Å². The minimum atomic E-state index is -0.351. The molecule has 0 aliphatic rings. The van der Waals surface area contributed by atoms with Gasteiger partial charge in [-0.1, -0.05) is 49.2 Å². The van der Waals surface area contributed by atoms with E-state index in [1.54, 1.807) is 42.5 Å². The van der Waals surface area contributed by atoms with Crippen LogP contribution in [-0.2, 0) is 0 Å². The van der Waals surface area contributed by atoms with Crippen molar-refractivity contribution in [1.82, 2.24) is 5.32 Å². The third-order valence-corrected chi connectivity index (χ3v) is 3.94. The molecule has 0 saturated heterocycles. The van der Waals surface area contributed by atoms with Crippen LogP contribution >= 0.6 is 35.4 Å². The van der Waals surface area contributed by atoms with Crippen molar-refractivity contribution in [2.75, 3.05) is 11.9 Å². The van der Waals surface area contributed by atoms with E-state index >= 15 is 0 Å². The van der Waals surface area contributed by atoms with Crippen molar-refractivity contribution in [3.05, 3.63) is 58.1 Å². The lowest BCUT2D eigenvalue weighted by Gasteiger charge is -2.13. The number of halogens is 2. The third kappa shape index (κ3) is 5.88. The molecule has 0 aromatic heterocycles. The van der Waals surface area contributed by atoms with E-state index in [9.17, 15) is 4.79 Å². The molecular weight excluding hydrogens is 379 g/mol. The summed E-state index contributed by atoms with van der Waals surface area (Å²) in [4.78, 5) is 12.3. The van der Waals surface area contributed by atoms with Gasteiger partial charge in [-0.3, -0.25) is 10.1 Å². The van der Waals surface area contributed by atoms with E-state index in [0.29, 0.717) is 39.6 Å². The maximum atomic E-state index is 12.3. The van der Waals surface area contributed by atoms with Crippen molar-refractivity contribution in [2.24, 2.45) is 5.92 Å². The first-order chi connectivity index (χ1) is 11.9. The number of hydrogen-bond acceptors (Lipinski definition) is 3. The fraction of sp³-hybridized carbons (Fsp3) is 0.222. The van der Waals surface area contributed by atoms with E-state index in [1.807, 2.05) is 0 Å². The first-order valence-electron chi connectivity index (χ1n) is 7.66. The molecule has 132 valence electrons. The number of carbonyl (C=O) groups is 1. The number of rotatable bonds is 5. The Hall–Kier alpha value is -1.82. The summed E-state index contributed by atoms with van der Waals surface area (Å²) in [6, 6.07) is 12.0. The van der Waals surface area contributed by atoms with Gasteiger partial charge in [0.15, 0.2) is 5.11 Å². The molecule has 0 aliphatic carbocycles. The number of para-hydroxylation sites is 1. The van der Waals surface area contributed by atoms with Crippen LogP contribution in [-0.4, -0.2) is 17.6 Å². The van der Waals surface area contributed by atoms with Gasteiger partial charge < -0.3 is 10.1 Å². The quantitative estimate of drug-likeness (QED) is 0.685. The second-order valence-electron chi connectivity index (χ2n) is 5.74. The highest BCUT2D eigenvalue weighted by molar-refractivity contribution is 7.80. The summed E-state index contributed by atoms with van der Waals surface area (Å²) in [7, 11) is 0. The summed E-state index contributed by atoms with van der Waals surface area (Å²) in [5.41, 5.74) is 0.890. The van der Waals surface area contributed by atoms with Crippen LogP contribution in [0.1, 0.15) is 24.2 Å². The van der Waals surface area contributed by atoms with Crippen LogP contribution in [0.2, 0.25) is 10.0 Å². The van der Waals surface area contributed by atoms with Gasteiger partial charge in [0.05, 0.1) is 22.3 Å². The van der Waals surface area contributed by atoms with Crippen molar-refractivity contribution in [2.45, 2.75) is 13.8 Å². The summed E-state index contributed by atoms with van der Waals surface area (Å²) in [5, 5.41) is 6.36. The molecular formula is C18H18Cl2N2O2S. The normalized spacial score (nSPS) is 10.4. The second-order valence-corrected chi connectivity index (χ2v) is 6.96. The van der Waals surface area contributed by atoms with Crippen LogP contribution in [0.5, 0.6) is 5.75 Å². The Morgan fingerprint density at radius 1 is 1.16 bits per heavy atom. The number of nitrogens with one attached hydrogen (secondary N) is 2. The summed E-state index contributed by atoms with van der Waals surface area (Å²) in [5.74, 6) is 0.680. The average Bonchev–Trinajstić information content (AvgIpc) is 2.56. The van der Waals surface area contributed by atoms with Crippen LogP contribution in [0.4, 0.5) is 5.69 Å². The van der Waals surface area contributed by atoms with Gasteiger partial charge in [0.25, 0.3) is 5.91 Å². The van der Waals surface area contributed by atoms with E-state index in [0.717, 1.165) is 0 Å². The lowest BCUT2D eigenvalue weighted by Crippen LogP contribution is -2.34. The fourth-order valence-electron chi connectivity index (χ4n) is 1.93. The molecule has 25 heavy (non-hydrogen) atoms. The molecule has 0 unspecified atom stereocenters. The summed E-state index contributed by atoms with van der Waals surface area (Å²) < 4.78 is 5.63. The molecule has 0 heterocycles. The van der Waals surface area contributed by atoms with Gasteiger partial charge >= 0.3 is 0 Å². The fourth-order valence-corrected chi connectivity index (χ4v) is 2.61. The van der Waals surface area contributed by atoms with E-state index in [4.69, 9.17) is 40.2 Å². The molecule has 0 atom stereocenters. The van der Waals surface area contributed by atoms with E-state index in [-0.39, 0.29) is 11.0 Å². The molecule has 0 bridgehead atoms. The predicted molar refractivity (Wildman–Crippen MR) is 107 cm³/mol. The largest absolute Gasteiger partial charge is 0.493 e. The lowest BCUT2D eigenvalue weighted by molar-refractivity contribution is 0.0977. The van der Waals surface area contributed by atoms with Crippen LogP contribution in [0.25, 0.3) is 0 Å². The van der Waals surface area contributed by atoms with Crippen molar-refractivity contribution in [1.29, 1.82) is 0 Å². The van der Waals surface area contributed by atoms with Crippen LogP contribution in [0, 0.1) is 5.92 Å². The highest BCUT2D eigenvalue weighted by Crippen LogP contribution is 2.29. The predicted octanol–water partition coefficient (Wildman–Crippen LogP) is 5.16. The Bertz CT molecular complexity index is 761. The summed E-state index contributed by atoms with van der Waals surface area (Å²) >= 11 is 17.3. The van der Waals surface area contributed by atoms with Crippen molar-refractivity contribution < 1.29 is 9.53 Å². The van der Waals surface area contributed by atoms with E-state index in [1.165, 1.54) is 0 Å². The number of ether oxygens (including phenoxy) is 1. The molecule has 0 spiro atoms. The van der Waals surface area contributed by atoms with Gasteiger partial charge in [0.2, 0.25) is 0 Å². The number of anilines is 1. The topological polar surface area (TPSA) is 50.4 Å². The number of benzene rings is 2. The standard InChI is InChI=1S/C18H18Cl2N2O2S/c1-11(2)10-24-13-6-3-5-12(9-13)17(23)22-18(25)21-16-14(19)7-4-8-15(16)20/h3-9,11H,10H2,1-2H3,(H2,21,22,23,25). The Kier molecular flexibility index (Phi) is 7.05. The summed E-state index contributed by atoms with van der Waals surface area (Å²) in [6.45, 7) is 4.69. The highest BCUT2D eigenvalue weighted by Gasteiger charge is 2.12. The molecule has 1 amide bonds. The van der Waals surface area contributed by atoms with Crippen molar-refractivity contribution in [3.8, 4) is 5.75 Å². The Morgan fingerprint density at radius 2 is 1.80 bits per heavy atom. The maximum absolute atomic E-state index is 12.3.